The van der Waals surface area contributed by atoms with Crippen molar-refractivity contribution < 1.29 is 8.42 Å². The van der Waals surface area contributed by atoms with Crippen molar-refractivity contribution in [2.75, 3.05) is 6.54 Å². The van der Waals surface area contributed by atoms with Gasteiger partial charge in [-0.05, 0) is 31.9 Å². The minimum Gasteiger partial charge on any atom is -0.210 e. The molecule has 0 bridgehead atoms. The Morgan fingerprint density at radius 1 is 1.33 bits per heavy atom. The fourth-order valence-electron chi connectivity index (χ4n) is 1.79. The highest BCUT2D eigenvalue weighted by molar-refractivity contribution is 7.89. The Hall–Kier alpha value is -0.580. The summed E-state index contributed by atoms with van der Waals surface area (Å²) in [7, 11) is -3.46. The minimum atomic E-state index is -3.46. The molecule has 0 heterocycles. The Balaban J connectivity index is 2.80. The zero-order chi connectivity index (χ0) is 13.8. The summed E-state index contributed by atoms with van der Waals surface area (Å²) in [5.41, 5.74) is 1.80. The van der Waals surface area contributed by atoms with Crippen LogP contribution in [0.15, 0.2) is 23.1 Å². The van der Waals surface area contributed by atoms with Gasteiger partial charge in [0.05, 0.1) is 4.90 Å². The summed E-state index contributed by atoms with van der Waals surface area (Å²) in [6.45, 7) is 6.03. The van der Waals surface area contributed by atoms with Gasteiger partial charge in [0.2, 0.25) is 10.0 Å². The Morgan fingerprint density at radius 2 is 2.00 bits per heavy atom. The first-order chi connectivity index (χ1) is 8.36. The molecule has 1 unspecified atom stereocenters. The van der Waals surface area contributed by atoms with E-state index in [1.807, 2.05) is 19.9 Å². The lowest BCUT2D eigenvalue weighted by Crippen LogP contribution is -2.30. The van der Waals surface area contributed by atoms with Gasteiger partial charge >= 0.3 is 0 Å². The van der Waals surface area contributed by atoms with Crippen molar-refractivity contribution in [3.05, 3.63) is 29.3 Å². The Labute approximate surface area is 115 Å². The first kappa shape index (κ1) is 15.5. The number of halogens is 1. The van der Waals surface area contributed by atoms with Gasteiger partial charge in [-0.3, -0.25) is 0 Å². The zero-order valence-electron chi connectivity index (χ0n) is 11.0. The predicted octanol–water partition coefficient (Wildman–Crippen LogP) is 2.99. The normalized spacial score (nSPS) is 13.6. The summed E-state index contributed by atoms with van der Waals surface area (Å²) in [6, 6.07) is 5.29. The number of benzene rings is 1. The monoisotopic (exact) mass is 289 g/mol. The van der Waals surface area contributed by atoms with Gasteiger partial charge < -0.3 is 0 Å². The van der Waals surface area contributed by atoms with E-state index in [0.29, 0.717) is 4.90 Å². The lowest BCUT2D eigenvalue weighted by molar-refractivity contribution is 0.576. The number of hydrogen-bond acceptors (Lipinski definition) is 2. The van der Waals surface area contributed by atoms with Crippen LogP contribution < -0.4 is 4.72 Å². The molecule has 1 N–H and O–H groups in total. The largest absolute Gasteiger partial charge is 0.240 e. The maximum Gasteiger partial charge on any atom is 0.240 e. The summed E-state index contributed by atoms with van der Waals surface area (Å²) < 4.78 is 26.8. The van der Waals surface area contributed by atoms with Crippen LogP contribution in [0.3, 0.4) is 0 Å². The molecule has 1 aromatic carbocycles. The van der Waals surface area contributed by atoms with E-state index in [0.717, 1.165) is 24.0 Å². The molecule has 0 saturated carbocycles. The molecule has 1 atom stereocenters. The molecule has 102 valence electrons. The fourth-order valence-corrected chi connectivity index (χ4v) is 3.49. The molecule has 3 nitrogen and oxygen atoms in total. The molecular weight excluding hydrogens is 270 g/mol. The average molecular weight is 290 g/mol. The highest BCUT2D eigenvalue weighted by atomic mass is 35.5. The van der Waals surface area contributed by atoms with E-state index in [1.165, 1.54) is 0 Å². The van der Waals surface area contributed by atoms with E-state index >= 15 is 0 Å². The standard InChI is InChI=1S/C13H20ClNO2S/c1-4-5-12(14)9-15-18(16,17)13-7-6-10(2)8-11(13)3/h6-8,12,15H,4-5,9H2,1-3H3. The summed E-state index contributed by atoms with van der Waals surface area (Å²) in [6.07, 6.45) is 1.75. The topological polar surface area (TPSA) is 46.2 Å². The molecule has 0 aliphatic heterocycles. The van der Waals surface area contributed by atoms with E-state index < -0.39 is 10.0 Å². The van der Waals surface area contributed by atoms with Gasteiger partial charge in [-0.15, -0.1) is 11.6 Å². The van der Waals surface area contributed by atoms with Crippen molar-refractivity contribution in [1.82, 2.24) is 4.72 Å². The van der Waals surface area contributed by atoms with Crippen molar-refractivity contribution in [2.45, 2.75) is 43.9 Å². The molecule has 0 aromatic heterocycles. The third-order valence-electron chi connectivity index (χ3n) is 2.72. The lowest BCUT2D eigenvalue weighted by atomic mass is 10.2. The van der Waals surface area contributed by atoms with Gasteiger partial charge in [0.15, 0.2) is 0 Å². The SMILES string of the molecule is CCCC(Cl)CNS(=O)(=O)c1ccc(C)cc1C. The van der Waals surface area contributed by atoms with Crippen LogP contribution in [-0.4, -0.2) is 20.3 Å². The Morgan fingerprint density at radius 3 is 2.56 bits per heavy atom. The highest BCUT2D eigenvalue weighted by Gasteiger charge is 2.17. The number of aryl methyl sites for hydroxylation is 2. The molecule has 0 fully saturated rings. The average Bonchev–Trinajstić information content (AvgIpc) is 2.26. The van der Waals surface area contributed by atoms with E-state index in [-0.39, 0.29) is 11.9 Å². The van der Waals surface area contributed by atoms with Crippen molar-refractivity contribution in [2.24, 2.45) is 0 Å². The van der Waals surface area contributed by atoms with Crippen LogP contribution in [0.25, 0.3) is 0 Å². The molecule has 0 aliphatic rings. The number of alkyl halides is 1. The fraction of sp³-hybridized carbons (Fsp3) is 0.538. The van der Waals surface area contributed by atoms with Crippen LogP contribution in [0.4, 0.5) is 0 Å². The summed E-state index contributed by atoms with van der Waals surface area (Å²) in [5, 5.41) is -0.157. The molecule has 1 aromatic rings. The third-order valence-corrected chi connectivity index (χ3v) is 4.67. The molecule has 0 saturated heterocycles. The highest BCUT2D eigenvalue weighted by Crippen LogP contribution is 2.16. The van der Waals surface area contributed by atoms with Crippen LogP contribution in [0.1, 0.15) is 30.9 Å². The molecule has 0 amide bonds. The molecule has 18 heavy (non-hydrogen) atoms. The third kappa shape index (κ3) is 4.26. The maximum absolute atomic E-state index is 12.1. The van der Waals surface area contributed by atoms with Gasteiger partial charge in [0.1, 0.15) is 0 Å². The van der Waals surface area contributed by atoms with Crippen LogP contribution >= 0.6 is 11.6 Å². The quantitative estimate of drug-likeness (QED) is 0.818. The van der Waals surface area contributed by atoms with E-state index in [9.17, 15) is 8.42 Å². The van der Waals surface area contributed by atoms with Crippen molar-refractivity contribution in [3.63, 3.8) is 0 Å². The maximum atomic E-state index is 12.1. The van der Waals surface area contributed by atoms with Crippen molar-refractivity contribution >= 4 is 21.6 Å². The van der Waals surface area contributed by atoms with E-state index in [4.69, 9.17) is 11.6 Å². The molecule has 1 rings (SSSR count). The van der Waals surface area contributed by atoms with E-state index in [1.54, 1.807) is 19.1 Å². The van der Waals surface area contributed by atoms with Crippen LogP contribution in [-0.2, 0) is 10.0 Å². The molecule has 0 radical (unpaired) electrons. The van der Waals surface area contributed by atoms with Gasteiger partial charge in [-0.2, -0.15) is 0 Å². The van der Waals surface area contributed by atoms with Gasteiger partial charge in [0.25, 0.3) is 0 Å². The number of nitrogens with one attached hydrogen (secondary N) is 1. The van der Waals surface area contributed by atoms with Gasteiger partial charge in [-0.25, -0.2) is 13.1 Å². The van der Waals surface area contributed by atoms with Gasteiger partial charge in [0, 0.05) is 11.9 Å². The van der Waals surface area contributed by atoms with Crippen LogP contribution in [0.5, 0.6) is 0 Å². The Bertz CT molecular complexity index is 500. The number of sulfonamides is 1. The van der Waals surface area contributed by atoms with Crippen molar-refractivity contribution in [3.8, 4) is 0 Å². The molecule has 5 heteroatoms. The summed E-state index contributed by atoms with van der Waals surface area (Å²) >= 11 is 6.01. The smallest absolute Gasteiger partial charge is 0.210 e. The molecular formula is C13H20ClNO2S. The number of rotatable bonds is 6. The molecule has 0 aliphatic carbocycles. The second-order valence-electron chi connectivity index (χ2n) is 4.51. The summed E-state index contributed by atoms with van der Waals surface area (Å²) in [4.78, 5) is 0.327. The number of hydrogen-bond donors (Lipinski definition) is 1. The first-order valence-corrected chi connectivity index (χ1v) is 7.99. The summed E-state index contributed by atoms with van der Waals surface area (Å²) in [5.74, 6) is 0. The van der Waals surface area contributed by atoms with Crippen molar-refractivity contribution in [1.29, 1.82) is 0 Å². The zero-order valence-corrected chi connectivity index (χ0v) is 12.6. The second kappa shape index (κ2) is 6.55. The molecule has 0 spiro atoms. The first-order valence-electron chi connectivity index (χ1n) is 6.07. The van der Waals surface area contributed by atoms with Gasteiger partial charge in [-0.1, -0.05) is 31.0 Å². The second-order valence-corrected chi connectivity index (χ2v) is 6.86. The Kier molecular flexibility index (Phi) is 5.63. The predicted molar refractivity (Wildman–Crippen MR) is 75.7 cm³/mol. The van der Waals surface area contributed by atoms with Crippen LogP contribution in [0.2, 0.25) is 0 Å². The lowest BCUT2D eigenvalue weighted by Gasteiger charge is -2.12. The van der Waals surface area contributed by atoms with Crippen LogP contribution in [0, 0.1) is 13.8 Å². The van der Waals surface area contributed by atoms with E-state index in [2.05, 4.69) is 4.72 Å². The minimum absolute atomic E-state index is 0.157.